The second-order valence-corrected chi connectivity index (χ2v) is 6.46. The fourth-order valence-electron chi connectivity index (χ4n) is 2.30. The summed E-state index contributed by atoms with van der Waals surface area (Å²) in [6.07, 6.45) is 0. The molecule has 0 saturated heterocycles. The minimum atomic E-state index is -0.251. The summed E-state index contributed by atoms with van der Waals surface area (Å²) >= 11 is 3.39. The molecule has 0 radical (unpaired) electrons. The minimum absolute atomic E-state index is 0.101. The topological polar surface area (TPSA) is 66.9 Å². The molecule has 126 valence electrons. The Morgan fingerprint density at radius 1 is 0.960 bits per heavy atom. The summed E-state index contributed by atoms with van der Waals surface area (Å²) in [6.45, 7) is 1.93. The van der Waals surface area contributed by atoms with Gasteiger partial charge >= 0.3 is 0 Å². The maximum Gasteiger partial charge on any atom is 0.272 e. The zero-order chi connectivity index (χ0) is 17.6. The molecule has 3 rings (SSSR count). The number of anilines is 2. The smallest absolute Gasteiger partial charge is 0.272 e. The van der Waals surface area contributed by atoms with Crippen molar-refractivity contribution in [3.05, 3.63) is 82.5 Å². The molecule has 5 nitrogen and oxygen atoms in total. The zero-order valence-electron chi connectivity index (χ0n) is 13.6. The summed E-state index contributed by atoms with van der Waals surface area (Å²) in [6, 6.07) is 20.8. The Kier molecular flexibility index (Phi) is 5.40. The third-order valence-corrected chi connectivity index (χ3v) is 4.19. The van der Waals surface area contributed by atoms with E-state index in [0.29, 0.717) is 5.82 Å². The van der Waals surface area contributed by atoms with Gasteiger partial charge in [-0.05, 0) is 48.9 Å². The molecule has 0 bridgehead atoms. The number of hydrogen-bond acceptors (Lipinski definition) is 4. The molecule has 1 unspecified atom stereocenters. The van der Waals surface area contributed by atoms with Crippen LogP contribution >= 0.6 is 15.9 Å². The average molecular weight is 397 g/mol. The minimum Gasteiger partial charge on any atom is -0.344 e. The number of hydrogen-bond donors (Lipinski definition) is 2. The van der Waals surface area contributed by atoms with Crippen molar-refractivity contribution in [2.24, 2.45) is 0 Å². The fourth-order valence-corrected chi connectivity index (χ4v) is 2.56. The lowest BCUT2D eigenvalue weighted by Gasteiger charge is -2.13. The van der Waals surface area contributed by atoms with E-state index in [1.807, 2.05) is 61.5 Å². The van der Waals surface area contributed by atoms with Gasteiger partial charge in [0, 0.05) is 10.2 Å². The van der Waals surface area contributed by atoms with Crippen molar-refractivity contribution in [3.8, 4) is 0 Å². The summed E-state index contributed by atoms with van der Waals surface area (Å²) in [5, 5.41) is 14.1. The lowest BCUT2D eigenvalue weighted by Crippen LogP contribution is -2.27. The molecule has 1 amide bonds. The van der Waals surface area contributed by atoms with Crippen LogP contribution in [0.2, 0.25) is 0 Å². The maximum absolute atomic E-state index is 12.3. The van der Waals surface area contributed by atoms with Crippen LogP contribution in [0.4, 0.5) is 11.5 Å². The van der Waals surface area contributed by atoms with Gasteiger partial charge in [-0.25, -0.2) is 0 Å². The average Bonchev–Trinajstić information content (AvgIpc) is 2.65. The number of rotatable bonds is 5. The number of benzene rings is 2. The van der Waals surface area contributed by atoms with Gasteiger partial charge in [-0.3, -0.25) is 4.79 Å². The summed E-state index contributed by atoms with van der Waals surface area (Å²) in [7, 11) is 0. The van der Waals surface area contributed by atoms with Crippen LogP contribution in [-0.2, 0) is 0 Å². The summed E-state index contributed by atoms with van der Waals surface area (Å²) in [5.41, 5.74) is 2.22. The van der Waals surface area contributed by atoms with Crippen LogP contribution in [0.25, 0.3) is 0 Å². The highest BCUT2D eigenvalue weighted by Crippen LogP contribution is 2.18. The van der Waals surface area contributed by atoms with Crippen LogP contribution in [-0.4, -0.2) is 16.1 Å². The van der Waals surface area contributed by atoms with E-state index >= 15 is 0 Å². The normalized spacial score (nSPS) is 11.6. The fraction of sp³-hybridized carbons (Fsp3) is 0.105. The Hall–Kier alpha value is -2.73. The Labute approximate surface area is 154 Å². The molecule has 3 aromatic rings. The van der Waals surface area contributed by atoms with Crippen molar-refractivity contribution >= 4 is 33.3 Å². The lowest BCUT2D eigenvalue weighted by molar-refractivity contribution is 0.0934. The molecule has 1 heterocycles. The first kappa shape index (κ1) is 17.1. The number of carbonyl (C=O) groups is 1. The highest BCUT2D eigenvalue weighted by atomic mass is 79.9. The van der Waals surface area contributed by atoms with Gasteiger partial charge in [0.05, 0.1) is 6.04 Å². The molecule has 25 heavy (non-hydrogen) atoms. The molecule has 0 spiro atoms. The number of amides is 1. The first-order chi connectivity index (χ1) is 12.1. The Bertz CT molecular complexity index is 836. The lowest BCUT2D eigenvalue weighted by atomic mass is 10.1. The molecule has 0 saturated carbocycles. The van der Waals surface area contributed by atoms with Crippen molar-refractivity contribution in [1.82, 2.24) is 15.5 Å². The van der Waals surface area contributed by atoms with E-state index in [1.54, 1.807) is 12.1 Å². The van der Waals surface area contributed by atoms with E-state index in [9.17, 15) is 4.79 Å². The van der Waals surface area contributed by atoms with Gasteiger partial charge in [0.1, 0.15) is 0 Å². The molecule has 1 atom stereocenters. The monoisotopic (exact) mass is 396 g/mol. The highest BCUT2D eigenvalue weighted by Gasteiger charge is 2.13. The standard InChI is InChI=1S/C19H17BrN4O/c1-13(14-5-3-2-4-6-14)21-19(25)17-11-12-18(24-23-17)22-16-9-7-15(20)8-10-16/h2-13H,1H3,(H,21,25)(H,22,24). The van der Waals surface area contributed by atoms with Crippen LogP contribution in [0.15, 0.2) is 71.2 Å². The third-order valence-electron chi connectivity index (χ3n) is 3.66. The number of halogens is 1. The van der Waals surface area contributed by atoms with Crippen LogP contribution in [0.1, 0.15) is 29.0 Å². The van der Waals surface area contributed by atoms with Crippen molar-refractivity contribution in [2.45, 2.75) is 13.0 Å². The van der Waals surface area contributed by atoms with Crippen LogP contribution in [0.5, 0.6) is 0 Å². The van der Waals surface area contributed by atoms with E-state index in [1.165, 1.54) is 0 Å². The van der Waals surface area contributed by atoms with Gasteiger partial charge in [0.2, 0.25) is 0 Å². The van der Waals surface area contributed by atoms with Gasteiger partial charge in [0.15, 0.2) is 11.5 Å². The Morgan fingerprint density at radius 3 is 2.32 bits per heavy atom. The summed E-state index contributed by atoms with van der Waals surface area (Å²) in [4.78, 5) is 12.3. The van der Waals surface area contributed by atoms with E-state index in [0.717, 1.165) is 15.7 Å². The summed E-state index contributed by atoms with van der Waals surface area (Å²) in [5.74, 6) is 0.328. The molecular weight excluding hydrogens is 380 g/mol. The van der Waals surface area contributed by atoms with E-state index < -0.39 is 0 Å². The van der Waals surface area contributed by atoms with Gasteiger partial charge < -0.3 is 10.6 Å². The van der Waals surface area contributed by atoms with Gasteiger partial charge in [-0.1, -0.05) is 46.3 Å². The van der Waals surface area contributed by atoms with Gasteiger partial charge in [-0.15, -0.1) is 10.2 Å². The molecule has 0 aliphatic rings. The van der Waals surface area contributed by atoms with Gasteiger partial charge in [0.25, 0.3) is 5.91 Å². The first-order valence-electron chi connectivity index (χ1n) is 7.84. The number of nitrogens with zero attached hydrogens (tertiary/aromatic N) is 2. The molecule has 2 N–H and O–H groups in total. The second kappa shape index (κ2) is 7.90. The first-order valence-corrected chi connectivity index (χ1v) is 8.63. The van der Waals surface area contributed by atoms with Crippen molar-refractivity contribution < 1.29 is 4.79 Å². The molecule has 2 aromatic carbocycles. The number of aromatic nitrogens is 2. The maximum atomic E-state index is 12.3. The molecular formula is C19H17BrN4O. The van der Waals surface area contributed by atoms with Crippen molar-refractivity contribution in [2.75, 3.05) is 5.32 Å². The third kappa shape index (κ3) is 4.64. The van der Waals surface area contributed by atoms with Gasteiger partial charge in [-0.2, -0.15) is 0 Å². The zero-order valence-corrected chi connectivity index (χ0v) is 15.2. The summed E-state index contributed by atoms with van der Waals surface area (Å²) < 4.78 is 1.00. The van der Waals surface area contributed by atoms with Crippen molar-refractivity contribution in [3.63, 3.8) is 0 Å². The van der Waals surface area contributed by atoms with Crippen LogP contribution < -0.4 is 10.6 Å². The highest BCUT2D eigenvalue weighted by molar-refractivity contribution is 9.10. The molecule has 0 fully saturated rings. The predicted octanol–water partition coefficient (Wildman–Crippen LogP) is 4.47. The number of nitrogens with one attached hydrogen (secondary N) is 2. The Morgan fingerprint density at radius 2 is 1.68 bits per heavy atom. The second-order valence-electron chi connectivity index (χ2n) is 5.54. The molecule has 1 aromatic heterocycles. The molecule has 6 heteroatoms. The largest absolute Gasteiger partial charge is 0.344 e. The predicted molar refractivity (Wildman–Crippen MR) is 102 cm³/mol. The molecule has 0 aliphatic carbocycles. The van der Waals surface area contributed by atoms with Crippen LogP contribution in [0, 0.1) is 0 Å². The van der Waals surface area contributed by atoms with Crippen LogP contribution in [0.3, 0.4) is 0 Å². The van der Waals surface area contributed by atoms with E-state index in [4.69, 9.17) is 0 Å². The van der Waals surface area contributed by atoms with E-state index in [2.05, 4.69) is 36.8 Å². The molecule has 0 aliphatic heterocycles. The SMILES string of the molecule is CC(NC(=O)c1ccc(Nc2ccc(Br)cc2)nn1)c1ccccc1. The number of carbonyl (C=O) groups excluding carboxylic acids is 1. The van der Waals surface area contributed by atoms with E-state index in [-0.39, 0.29) is 17.6 Å². The van der Waals surface area contributed by atoms with Crippen molar-refractivity contribution in [1.29, 1.82) is 0 Å². The quantitative estimate of drug-likeness (QED) is 0.667. The Balaban J connectivity index is 1.63.